The van der Waals surface area contributed by atoms with Gasteiger partial charge in [-0.1, -0.05) is 18.2 Å². The fourth-order valence-electron chi connectivity index (χ4n) is 3.50. The Morgan fingerprint density at radius 1 is 1.08 bits per heavy atom. The Kier molecular flexibility index (Phi) is 3.91. The summed E-state index contributed by atoms with van der Waals surface area (Å²) in [6.45, 7) is 2.03. The van der Waals surface area contributed by atoms with Gasteiger partial charge in [-0.05, 0) is 25.0 Å². The molecule has 7 heteroatoms. The molecule has 7 nitrogen and oxygen atoms in total. The van der Waals surface area contributed by atoms with Crippen LogP contribution < -0.4 is 5.63 Å². The highest BCUT2D eigenvalue weighted by Crippen LogP contribution is 2.21. The van der Waals surface area contributed by atoms with Gasteiger partial charge in [-0.2, -0.15) is 0 Å². The smallest absolute Gasteiger partial charge is 0.410 e. The molecule has 0 unspecified atom stereocenters. The van der Waals surface area contributed by atoms with Gasteiger partial charge < -0.3 is 19.0 Å². The lowest BCUT2D eigenvalue weighted by molar-refractivity contribution is 0.0655. The molecule has 25 heavy (non-hydrogen) atoms. The quantitative estimate of drug-likeness (QED) is 0.778. The molecule has 3 heterocycles. The van der Waals surface area contributed by atoms with E-state index in [1.54, 1.807) is 34.1 Å². The molecule has 1 aromatic heterocycles. The largest absolute Gasteiger partial charge is 0.448 e. The summed E-state index contributed by atoms with van der Waals surface area (Å²) >= 11 is 0. The first-order chi connectivity index (χ1) is 12.1. The Bertz CT molecular complexity index is 882. The number of cyclic esters (lactones) is 1. The Morgan fingerprint density at radius 3 is 2.56 bits per heavy atom. The van der Waals surface area contributed by atoms with Gasteiger partial charge in [0.15, 0.2) is 0 Å². The molecule has 0 saturated carbocycles. The zero-order valence-electron chi connectivity index (χ0n) is 13.6. The summed E-state index contributed by atoms with van der Waals surface area (Å²) in [6.07, 6.45) is 1.08. The fraction of sp³-hybridized carbons (Fsp3) is 0.389. The topological polar surface area (TPSA) is 80.1 Å². The predicted molar refractivity (Wildman–Crippen MR) is 89.5 cm³/mol. The number of ether oxygens (including phenoxy) is 1. The van der Waals surface area contributed by atoms with Crippen molar-refractivity contribution in [2.45, 2.75) is 18.9 Å². The van der Waals surface area contributed by atoms with Crippen LogP contribution in [0.5, 0.6) is 0 Å². The van der Waals surface area contributed by atoms with E-state index in [-0.39, 0.29) is 23.6 Å². The summed E-state index contributed by atoms with van der Waals surface area (Å²) in [5, 5.41) is 0.722. The lowest BCUT2D eigenvalue weighted by atomic mass is 10.0. The molecule has 0 atom stereocenters. The van der Waals surface area contributed by atoms with Crippen LogP contribution in [0.1, 0.15) is 23.2 Å². The zero-order chi connectivity index (χ0) is 17.4. The maximum absolute atomic E-state index is 12.7. The van der Waals surface area contributed by atoms with Crippen molar-refractivity contribution >= 4 is 23.0 Å². The first-order valence-corrected chi connectivity index (χ1v) is 8.39. The van der Waals surface area contributed by atoms with Crippen molar-refractivity contribution in [3.05, 3.63) is 46.3 Å². The predicted octanol–water partition coefficient (Wildman–Crippen LogP) is 1.85. The van der Waals surface area contributed by atoms with Crippen LogP contribution in [0, 0.1) is 0 Å². The molecule has 0 aliphatic carbocycles. The van der Waals surface area contributed by atoms with Gasteiger partial charge in [0.2, 0.25) is 0 Å². The minimum atomic E-state index is -0.617. The molecule has 0 N–H and O–H groups in total. The van der Waals surface area contributed by atoms with Crippen LogP contribution in [0.2, 0.25) is 0 Å². The molecule has 0 bridgehead atoms. The number of hydrogen-bond acceptors (Lipinski definition) is 5. The fourth-order valence-corrected chi connectivity index (χ4v) is 3.50. The number of carbonyl (C=O) groups excluding carboxylic acids is 2. The molecule has 2 saturated heterocycles. The van der Waals surface area contributed by atoms with Crippen molar-refractivity contribution in [1.29, 1.82) is 0 Å². The molecular formula is C18H18N2O5. The molecule has 1 aromatic carbocycles. The highest BCUT2D eigenvalue weighted by Gasteiger charge is 2.34. The number of likely N-dealkylation sites (tertiary alicyclic amines) is 1. The second-order valence-corrected chi connectivity index (χ2v) is 6.32. The van der Waals surface area contributed by atoms with Crippen LogP contribution >= 0.6 is 0 Å². The standard InChI is InChI=1S/C18H18N2O5/c21-16(14-11-12-3-1-2-4-15(12)25-17(14)22)19-7-5-13(6-8-19)20-9-10-24-18(20)23/h1-4,11,13H,5-10H2. The van der Waals surface area contributed by atoms with Crippen LogP contribution in [0.3, 0.4) is 0 Å². The average Bonchev–Trinajstić information content (AvgIpc) is 3.06. The third kappa shape index (κ3) is 2.86. The Balaban J connectivity index is 1.50. The first kappa shape index (κ1) is 15.7. The molecule has 130 valence electrons. The monoisotopic (exact) mass is 342 g/mol. The summed E-state index contributed by atoms with van der Waals surface area (Å²) in [4.78, 5) is 39.9. The lowest BCUT2D eigenvalue weighted by Gasteiger charge is -2.35. The van der Waals surface area contributed by atoms with Gasteiger partial charge in [0.25, 0.3) is 5.91 Å². The summed E-state index contributed by atoms with van der Waals surface area (Å²) in [5.74, 6) is -0.318. The molecule has 2 aliphatic rings. The van der Waals surface area contributed by atoms with E-state index in [2.05, 4.69) is 0 Å². The average molecular weight is 342 g/mol. The van der Waals surface area contributed by atoms with Crippen molar-refractivity contribution in [2.75, 3.05) is 26.2 Å². The van der Waals surface area contributed by atoms with Crippen molar-refractivity contribution in [3.8, 4) is 0 Å². The van der Waals surface area contributed by atoms with Crippen LogP contribution in [-0.4, -0.2) is 54.1 Å². The summed E-state index contributed by atoms with van der Waals surface area (Å²) < 4.78 is 10.2. The SMILES string of the molecule is O=C(c1cc2ccccc2oc1=O)N1CCC(N2CCOC2=O)CC1. The van der Waals surface area contributed by atoms with Gasteiger partial charge in [0.1, 0.15) is 17.8 Å². The van der Waals surface area contributed by atoms with E-state index in [0.29, 0.717) is 44.7 Å². The summed E-state index contributed by atoms with van der Waals surface area (Å²) in [6, 6.07) is 8.80. The third-order valence-electron chi connectivity index (χ3n) is 4.86. The molecule has 0 radical (unpaired) electrons. The van der Waals surface area contributed by atoms with Crippen molar-refractivity contribution < 1.29 is 18.7 Å². The number of nitrogens with zero attached hydrogens (tertiary/aromatic N) is 2. The van der Waals surface area contributed by atoms with E-state index in [4.69, 9.17) is 9.15 Å². The number of carbonyl (C=O) groups is 2. The van der Waals surface area contributed by atoms with E-state index in [9.17, 15) is 14.4 Å². The maximum atomic E-state index is 12.7. The Labute approximate surface area is 143 Å². The van der Waals surface area contributed by atoms with E-state index in [1.165, 1.54) is 0 Å². The molecule has 2 aromatic rings. The first-order valence-electron chi connectivity index (χ1n) is 8.39. The number of benzene rings is 1. The summed E-state index contributed by atoms with van der Waals surface area (Å²) in [5.41, 5.74) is -0.0954. The Morgan fingerprint density at radius 2 is 1.84 bits per heavy atom. The van der Waals surface area contributed by atoms with Crippen LogP contribution in [-0.2, 0) is 4.74 Å². The second kappa shape index (κ2) is 6.23. The number of rotatable bonds is 2. The van der Waals surface area contributed by atoms with Crippen LogP contribution in [0.4, 0.5) is 4.79 Å². The third-order valence-corrected chi connectivity index (χ3v) is 4.86. The molecule has 0 spiro atoms. The van der Waals surface area contributed by atoms with Gasteiger partial charge in [0, 0.05) is 24.5 Å². The normalized spacial score (nSPS) is 18.6. The van der Waals surface area contributed by atoms with Crippen molar-refractivity contribution in [2.24, 2.45) is 0 Å². The minimum absolute atomic E-state index is 0.0535. The maximum Gasteiger partial charge on any atom is 0.410 e. The number of hydrogen-bond donors (Lipinski definition) is 0. The highest BCUT2D eigenvalue weighted by molar-refractivity contribution is 5.96. The van der Waals surface area contributed by atoms with Gasteiger partial charge >= 0.3 is 11.7 Å². The number of fused-ring (bicyclic) bond motifs is 1. The molecular weight excluding hydrogens is 324 g/mol. The van der Waals surface area contributed by atoms with Gasteiger partial charge in [-0.15, -0.1) is 0 Å². The second-order valence-electron chi connectivity index (χ2n) is 6.32. The van der Waals surface area contributed by atoms with E-state index < -0.39 is 5.63 Å². The van der Waals surface area contributed by atoms with Crippen LogP contribution in [0.25, 0.3) is 11.0 Å². The molecule has 2 aliphatic heterocycles. The van der Waals surface area contributed by atoms with Gasteiger partial charge in [0.05, 0.1) is 6.54 Å². The van der Waals surface area contributed by atoms with Crippen LogP contribution in [0.15, 0.2) is 39.5 Å². The van der Waals surface area contributed by atoms with Crippen molar-refractivity contribution in [3.63, 3.8) is 0 Å². The summed E-state index contributed by atoms with van der Waals surface area (Å²) in [7, 11) is 0. The highest BCUT2D eigenvalue weighted by atomic mass is 16.6. The van der Waals surface area contributed by atoms with Gasteiger partial charge in [-0.25, -0.2) is 9.59 Å². The number of amides is 2. The number of para-hydroxylation sites is 1. The van der Waals surface area contributed by atoms with Gasteiger partial charge in [-0.3, -0.25) is 4.79 Å². The Hall–Kier alpha value is -2.83. The molecule has 2 fully saturated rings. The van der Waals surface area contributed by atoms with Crippen molar-refractivity contribution in [1.82, 2.24) is 9.80 Å². The lowest BCUT2D eigenvalue weighted by Crippen LogP contribution is -2.47. The van der Waals surface area contributed by atoms with E-state index in [0.717, 1.165) is 5.39 Å². The number of piperidine rings is 1. The van der Waals surface area contributed by atoms with E-state index >= 15 is 0 Å². The molecule has 2 amide bonds. The minimum Gasteiger partial charge on any atom is -0.448 e. The molecule has 4 rings (SSSR count). The van der Waals surface area contributed by atoms with E-state index in [1.807, 2.05) is 6.07 Å². The zero-order valence-corrected chi connectivity index (χ0v) is 13.6.